The van der Waals surface area contributed by atoms with Crippen LogP contribution in [0.3, 0.4) is 0 Å². The van der Waals surface area contributed by atoms with E-state index in [4.69, 9.17) is 4.74 Å². The van der Waals surface area contributed by atoms with Gasteiger partial charge in [0.1, 0.15) is 0 Å². The van der Waals surface area contributed by atoms with E-state index in [1.807, 2.05) is 0 Å². The smallest absolute Gasteiger partial charge is 0.0509 e. The maximum Gasteiger partial charge on any atom is 0.0509 e. The van der Waals surface area contributed by atoms with Crippen LogP contribution in [-0.2, 0) is 10.2 Å². The molecule has 3 rings (SSSR count). The van der Waals surface area contributed by atoms with Crippen LogP contribution in [0.1, 0.15) is 50.5 Å². The SMILES string of the molecule is CNC(C1CCCOC1)C1(c2ccccc2)CCCCC1. The monoisotopic (exact) mass is 287 g/mol. The molecule has 0 amide bonds. The average Bonchev–Trinajstić information content (AvgIpc) is 2.58. The molecule has 1 saturated heterocycles. The van der Waals surface area contributed by atoms with Crippen molar-refractivity contribution in [3.05, 3.63) is 35.9 Å². The van der Waals surface area contributed by atoms with Crippen LogP contribution in [0, 0.1) is 5.92 Å². The molecule has 2 aliphatic rings. The fourth-order valence-electron chi connectivity index (χ4n) is 4.72. The largest absolute Gasteiger partial charge is 0.381 e. The summed E-state index contributed by atoms with van der Waals surface area (Å²) in [5, 5.41) is 3.70. The van der Waals surface area contributed by atoms with Gasteiger partial charge < -0.3 is 10.1 Å². The van der Waals surface area contributed by atoms with Crippen molar-refractivity contribution in [1.29, 1.82) is 0 Å². The predicted molar refractivity (Wildman–Crippen MR) is 87.6 cm³/mol. The van der Waals surface area contributed by atoms with Crippen molar-refractivity contribution in [2.45, 2.75) is 56.4 Å². The van der Waals surface area contributed by atoms with Crippen molar-refractivity contribution in [3.63, 3.8) is 0 Å². The van der Waals surface area contributed by atoms with Crippen molar-refractivity contribution in [2.75, 3.05) is 20.3 Å². The van der Waals surface area contributed by atoms with Crippen LogP contribution in [0.25, 0.3) is 0 Å². The van der Waals surface area contributed by atoms with Crippen molar-refractivity contribution in [3.8, 4) is 0 Å². The third-order valence-electron chi connectivity index (χ3n) is 5.67. The summed E-state index contributed by atoms with van der Waals surface area (Å²) in [6.45, 7) is 1.88. The van der Waals surface area contributed by atoms with Crippen LogP contribution in [0.4, 0.5) is 0 Å². The third kappa shape index (κ3) is 3.02. The van der Waals surface area contributed by atoms with Gasteiger partial charge in [-0.05, 0) is 44.2 Å². The highest BCUT2D eigenvalue weighted by atomic mass is 16.5. The number of rotatable bonds is 4. The second kappa shape index (κ2) is 6.93. The van der Waals surface area contributed by atoms with E-state index in [2.05, 4.69) is 42.7 Å². The second-order valence-corrected chi connectivity index (χ2v) is 6.83. The van der Waals surface area contributed by atoms with Crippen LogP contribution in [-0.4, -0.2) is 26.3 Å². The molecule has 0 radical (unpaired) electrons. The summed E-state index contributed by atoms with van der Waals surface area (Å²) in [5.74, 6) is 0.655. The molecule has 2 nitrogen and oxygen atoms in total. The van der Waals surface area contributed by atoms with Gasteiger partial charge in [-0.1, -0.05) is 49.6 Å². The normalized spacial score (nSPS) is 27.2. The summed E-state index contributed by atoms with van der Waals surface area (Å²) in [7, 11) is 2.15. The van der Waals surface area contributed by atoms with Gasteiger partial charge in [-0.15, -0.1) is 0 Å². The number of hydrogen-bond donors (Lipinski definition) is 1. The quantitative estimate of drug-likeness (QED) is 0.906. The molecule has 2 heteroatoms. The van der Waals surface area contributed by atoms with E-state index in [1.54, 1.807) is 0 Å². The highest BCUT2D eigenvalue weighted by Gasteiger charge is 2.44. The minimum atomic E-state index is 0.305. The molecule has 0 bridgehead atoms. The molecule has 1 heterocycles. The van der Waals surface area contributed by atoms with Crippen molar-refractivity contribution in [1.82, 2.24) is 5.32 Å². The Morgan fingerprint density at radius 1 is 1.10 bits per heavy atom. The summed E-state index contributed by atoms with van der Waals surface area (Å²) >= 11 is 0. The van der Waals surface area contributed by atoms with Crippen LogP contribution < -0.4 is 5.32 Å². The van der Waals surface area contributed by atoms with E-state index in [0.29, 0.717) is 17.4 Å². The van der Waals surface area contributed by atoms with Gasteiger partial charge in [0.2, 0.25) is 0 Å². The fraction of sp³-hybridized carbons (Fsp3) is 0.684. The Labute approximate surface area is 129 Å². The molecule has 0 spiro atoms. The molecular weight excluding hydrogens is 258 g/mol. The topological polar surface area (TPSA) is 21.3 Å². The molecule has 2 fully saturated rings. The summed E-state index contributed by atoms with van der Waals surface area (Å²) in [4.78, 5) is 0. The second-order valence-electron chi connectivity index (χ2n) is 6.83. The number of likely N-dealkylation sites (N-methyl/N-ethyl adjacent to an activating group) is 1. The summed E-state index contributed by atoms with van der Waals surface area (Å²) in [6, 6.07) is 11.8. The Kier molecular flexibility index (Phi) is 4.97. The summed E-state index contributed by atoms with van der Waals surface area (Å²) < 4.78 is 5.80. The van der Waals surface area contributed by atoms with Crippen LogP contribution in [0.15, 0.2) is 30.3 Å². The summed E-state index contributed by atoms with van der Waals surface area (Å²) in [5.41, 5.74) is 1.84. The van der Waals surface area contributed by atoms with Gasteiger partial charge in [-0.25, -0.2) is 0 Å². The zero-order valence-electron chi connectivity index (χ0n) is 13.3. The number of benzene rings is 1. The Balaban J connectivity index is 1.93. The Hall–Kier alpha value is -0.860. The Morgan fingerprint density at radius 3 is 2.48 bits per heavy atom. The zero-order chi connectivity index (χ0) is 14.5. The maximum atomic E-state index is 5.80. The minimum absolute atomic E-state index is 0.305. The first kappa shape index (κ1) is 15.1. The van der Waals surface area contributed by atoms with E-state index >= 15 is 0 Å². The highest BCUT2D eigenvalue weighted by Crippen LogP contribution is 2.45. The molecule has 1 aromatic rings. The van der Waals surface area contributed by atoms with Gasteiger partial charge in [-0.2, -0.15) is 0 Å². The first-order chi connectivity index (χ1) is 10.4. The van der Waals surface area contributed by atoms with Gasteiger partial charge in [0.15, 0.2) is 0 Å². The molecule has 0 aromatic heterocycles. The molecule has 2 atom stereocenters. The standard InChI is InChI=1S/C19H29NO/c1-20-18(16-9-8-14-21-15-16)19(12-6-3-7-13-19)17-10-4-2-5-11-17/h2,4-5,10-11,16,18,20H,3,6-9,12-15H2,1H3. The number of nitrogens with one attached hydrogen (secondary N) is 1. The molecule has 2 unspecified atom stereocenters. The molecular formula is C19H29NO. The van der Waals surface area contributed by atoms with Crippen molar-refractivity contribution in [2.24, 2.45) is 5.92 Å². The van der Waals surface area contributed by atoms with Crippen LogP contribution in [0.2, 0.25) is 0 Å². The van der Waals surface area contributed by atoms with Crippen LogP contribution in [0.5, 0.6) is 0 Å². The molecule has 1 aliphatic carbocycles. The van der Waals surface area contributed by atoms with Gasteiger partial charge >= 0.3 is 0 Å². The molecule has 1 N–H and O–H groups in total. The minimum Gasteiger partial charge on any atom is -0.381 e. The summed E-state index contributed by atoms with van der Waals surface area (Å²) in [6.07, 6.45) is 9.28. The van der Waals surface area contributed by atoms with E-state index in [-0.39, 0.29) is 0 Å². The van der Waals surface area contributed by atoms with Gasteiger partial charge in [0.05, 0.1) is 6.61 Å². The zero-order valence-corrected chi connectivity index (χ0v) is 13.3. The van der Waals surface area contributed by atoms with Crippen molar-refractivity contribution >= 4 is 0 Å². The molecule has 1 aromatic carbocycles. The van der Waals surface area contributed by atoms with Gasteiger partial charge in [-0.3, -0.25) is 0 Å². The predicted octanol–water partition coefficient (Wildman–Crippen LogP) is 3.90. The van der Waals surface area contributed by atoms with Crippen LogP contribution >= 0.6 is 0 Å². The number of ether oxygens (including phenoxy) is 1. The average molecular weight is 287 g/mol. The maximum absolute atomic E-state index is 5.80. The van der Waals surface area contributed by atoms with Crippen molar-refractivity contribution < 1.29 is 4.74 Å². The lowest BCUT2D eigenvalue weighted by atomic mass is 9.61. The Bertz CT molecular complexity index is 418. The lowest BCUT2D eigenvalue weighted by Gasteiger charge is -2.48. The molecule has 116 valence electrons. The first-order valence-corrected chi connectivity index (χ1v) is 8.67. The van der Waals surface area contributed by atoms with Gasteiger partial charge in [0, 0.05) is 18.1 Å². The Morgan fingerprint density at radius 2 is 1.86 bits per heavy atom. The van der Waals surface area contributed by atoms with E-state index in [0.717, 1.165) is 13.2 Å². The first-order valence-electron chi connectivity index (χ1n) is 8.67. The lowest BCUT2D eigenvalue weighted by Crippen LogP contribution is -2.54. The highest BCUT2D eigenvalue weighted by molar-refractivity contribution is 5.29. The lowest BCUT2D eigenvalue weighted by molar-refractivity contribution is 0.0184. The van der Waals surface area contributed by atoms with E-state index in [9.17, 15) is 0 Å². The van der Waals surface area contributed by atoms with E-state index in [1.165, 1.54) is 50.5 Å². The molecule has 21 heavy (non-hydrogen) atoms. The number of hydrogen-bond acceptors (Lipinski definition) is 2. The molecule has 1 saturated carbocycles. The van der Waals surface area contributed by atoms with E-state index < -0.39 is 0 Å². The van der Waals surface area contributed by atoms with Gasteiger partial charge in [0.25, 0.3) is 0 Å². The fourth-order valence-corrected chi connectivity index (χ4v) is 4.72. The third-order valence-corrected chi connectivity index (χ3v) is 5.67. The molecule has 1 aliphatic heterocycles.